The summed E-state index contributed by atoms with van der Waals surface area (Å²) in [5, 5.41) is 0. The fraction of sp³-hybridized carbons (Fsp3) is 0.600. The van der Waals surface area contributed by atoms with E-state index in [0.717, 1.165) is 5.56 Å². The van der Waals surface area contributed by atoms with Crippen molar-refractivity contribution < 1.29 is 17.6 Å². The standard InChI is InChI=1S/C10H15F3N2O/c1-2-15(7-10(11,12)13)5-9-3-8(4-14)6-16-9/h3,6H,2,4-5,7,14H2,1H3. The molecule has 0 saturated carbocycles. The van der Waals surface area contributed by atoms with Crippen LogP contribution >= 0.6 is 0 Å². The highest BCUT2D eigenvalue weighted by molar-refractivity contribution is 5.12. The third-order valence-corrected chi connectivity index (χ3v) is 2.17. The molecule has 1 rings (SSSR count). The van der Waals surface area contributed by atoms with E-state index in [2.05, 4.69) is 0 Å². The predicted molar refractivity (Wildman–Crippen MR) is 53.6 cm³/mol. The molecule has 0 saturated heterocycles. The van der Waals surface area contributed by atoms with Crippen molar-refractivity contribution in [2.45, 2.75) is 26.2 Å². The second-order valence-corrected chi connectivity index (χ2v) is 3.54. The van der Waals surface area contributed by atoms with E-state index in [-0.39, 0.29) is 6.54 Å². The first kappa shape index (κ1) is 13.1. The Morgan fingerprint density at radius 1 is 1.44 bits per heavy atom. The minimum atomic E-state index is -4.18. The molecule has 1 aromatic heterocycles. The number of nitrogens with two attached hydrogens (primary N) is 1. The molecule has 2 N–H and O–H groups in total. The molecule has 92 valence electrons. The van der Waals surface area contributed by atoms with Crippen LogP contribution in [0.25, 0.3) is 0 Å². The van der Waals surface area contributed by atoms with Crippen LogP contribution in [0.2, 0.25) is 0 Å². The quantitative estimate of drug-likeness (QED) is 0.851. The summed E-state index contributed by atoms with van der Waals surface area (Å²) in [5.41, 5.74) is 6.16. The fourth-order valence-electron chi connectivity index (χ4n) is 1.37. The van der Waals surface area contributed by atoms with E-state index in [9.17, 15) is 13.2 Å². The zero-order chi connectivity index (χ0) is 12.2. The molecule has 0 aliphatic heterocycles. The van der Waals surface area contributed by atoms with Gasteiger partial charge < -0.3 is 10.2 Å². The van der Waals surface area contributed by atoms with Crippen LogP contribution in [0.1, 0.15) is 18.2 Å². The molecule has 0 aromatic carbocycles. The summed E-state index contributed by atoms with van der Waals surface area (Å²) in [5.74, 6) is 0.506. The normalized spacial score (nSPS) is 12.4. The van der Waals surface area contributed by atoms with E-state index in [1.165, 1.54) is 11.2 Å². The zero-order valence-electron chi connectivity index (χ0n) is 9.05. The van der Waals surface area contributed by atoms with Crippen LogP contribution in [-0.4, -0.2) is 24.2 Å². The van der Waals surface area contributed by atoms with Gasteiger partial charge in [-0.1, -0.05) is 6.92 Å². The molecular formula is C10H15F3N2O. The first-order valence-corrected chi connectivity index (χ1v) is 5.00. The largest absolute Gasteiger partial charge is 0.468 e. The summed E-state index contributed by atoms with van der Waals surface area (Å²) in [6, 6.07) is 1.68. The Morgan fingerprint density at radius 2 is 2.12 bits per heavy atom. The number of hydrogen-bond donors (Lipinski definition) is 1. The van der Waals surface area contributed by atoms with E-state index in [0.29, 0.717) is 18.8 Å². The van der Waals surface area contributed by atoms with Gasteiger partial charge in [-0.2, -0.15) is 13.2 Å². The molecule has 0 bridgehead atoms. The summed E-state index contributed by atoms with van der Waals surface area (Å²) in [4.78, 5) is 1.26. The zero-order valence-corrected chi connectivity index (χ0v) is 9.05. The number of hydrogen-bond acceptors (Lipinski definition) is 3. The molecule has 0 atom stereocenters. The Labute approximate surface area is 92.0 Å². The third kappa shape index (κ3) is 4.24. The van der Waals surface area contributed by atoms with Crippen LogP contribution < -0.4 is 5.73 Å². The summed E-state index contributed by atoms with van der Waals surface area (Å²) < 4.78 is 41.6. The second kappa shape index (κ2) is 5.36. The van der Waals surface area contributed by atoms with E-state index < -0.39 is 12.7 Å². The van der Waals surface area contributed by atoms with Crippen molar-refractivity contribution in [3.63, 3.8) is 0 Å². The first-order chi connectivity index (χ1) is 7.44. The maximum absolute atomic E-state index is 12.2. The molecular weight excluding hydrogens is 221 g/mol. The molecule has 0 unspecified atom stereocenters. The van der Waals surface area contributed by atoms with Gasteiger partial charge in [0.1, 0.15) is 5.76 Å². The topological polar surface area (TPSA) is 42.4 Å². The van der Waals surface area contributed by atoms with Gasteiger partial charge >= 0.3 is 6.18 Å². The first-order valence-electron chi connectivity index (χ1n) is 5.00. The molecule has 3 nitrogen and oxygen atoms in total. The second-order valence-electron chi connectivity index (χ2n) is 3.54. The van der Waals surface area contributed by atoms with Gasteiger partial charge in [-0.3, -0.25) is 4.90 Å². The maximum Gasteiger partial charge on any atom is 0.401 e. The third-order valence-electron chi connectivity index (χ3n) is 2.17. The number of rotatable bonds is 5. The minimum Gasteiger partial charge on any atom is -0.468 e. The highest BCUT2D eigenvalue weighted by atomic mass is 19.4. The average Bonchev–Trinajstić information content (AvgIpc) is 2.62. The van der Waals surface area contributed by atoms with Gasteiger partial charge in [0.25, 0.3) is 0 Å². The molecule has 16 heavy (non-hydrogen) atoms. The molecule has 0 fully saturated rings. The van der Waals surface area contributed by atoms with Crippen molar-refractivity contribution >= 4 is 0 Å². The van der Waals surface area contributed by atoms with E-state index in [1.807, 2.05) is 0 Å². The van der Waals surface area contributed by atoms with Crippen molar-refractivity contribution in [3.05, 3.63) is 23.7 Å². The monoisotopic (exact) mass is 236 g/mol. The van der Waals surface area contributed by atoms with Gasteiger partial charge in [0.05, 0.1) is 19.4 Å². The van der Waals surface area contributed by atoms with Crippen LogP contribution in [0.3, 0.4) is 0 Å². The molecule has 0 aliphatic carbocycles. The lowest BCUT2D eigenvalue weighted by atomic mass is 10.3. The van der Waals surface area contributed by atoms with Crippen molar-refractivity contribution in [3.8, 4) is 0 Å². The lowest BCUT2D eigenvalue weighted by Crippen LogP contribution is -2.33. The Hall–Kier alpha value is -1.01. The number of alkyl halides is 3. The molecule has 0 aliphatic rings. The highest BCUT2D eigenvalue weighted by Gasteiger charge is 2.30. The van der Waals surface area contributed by atoms with Crippen LogP contribution in [0, 0.1) is 0 Å². The van der Waals surface area contributed by atoms with Gasteiger partial charge in [0.15, 0.2) is 0 Å². The van der Waals surface area contributed by atoms with Gasteiger partial charge in [-0.15, -0.1) is 0 Å². The minimum absolute atomic E-state index is 0.149. The van der Waals surface area contributed by atoms with Crippen molar-refractivity contribution in [1.29, 1.82) is 0 Å². The summed E-state index contributed by atoms with van der Waals surface area (Å²) in [6.07, 6.45) is -2.71. The van der Waals surface area contributed by atoms with Crippen LogP contribution in [-0.2, 0) is 13.1 Å². The van der Waals surface area contributed by atoms with Gasteiger partial charge in [-0.25, -0.2) is 0 Å². The lowest BCUT2D eigenvalue weighted by molar-refractivity contribution is -0.147. The molecule has 0 spiro atoms. The van der Waals surface area contributed by atoms with Crippen molar-refractivity contribution in [2.75, 3.05) is 13.1 Å². The lowest BCUT2D eigenvalue weighted by Gasteiger charge is -2.20. The Bertz CT molecular complexity index is 322. The fourth-order valence-corrected chi connectivity index (χ4v) is 1.37. The maximum atomic E-state index is 12.2. The predicted octanol–water partition coefficient (Wildman–Crippen LogP) is 2.12. The molecule has 6 heteroatoms. The average molecular weight is 236 g/mol. The van der Waals surface area contributed by atoms with Crippen LogP contribution in [0.5, 0.6) is 0 Å². The SMILES string of the molecule is CCN(Cc1cc(CN)co1)CC(F)(F)F. The van der Waals surface area contributed by atoms with Gasteiger partial charge in [-0.05, 0) is 12.6 Å². The Balaban J connectivity index is 2.56. The van der Waals surface area contributed by atoms with Crippen LogP contribution in [0.15, 0.2) is 16.7 Å². The van der Waals surface area contributed by atoms with Crippen LogP contribution in [0.4, 0.5) is 13.2 Å². The summed E-state index contributed by atoms with van der Waals surface area (Å²) >= 11 is 0. The van der Waals surface area contributed by atoms with Gasteiger partial charge in [0, 0.05) is 12.1 Å². The Morgan fingerprint density at radius 3 is 2.56 bits per heavy atom. The van der Waals surface area contributed by atoms with E-state index in [4.69, 9.17) is 10.2 Å². The van der Waals surface area contributed by atoms with Crippen molar-refractivity contribution in [2.24, 2.45) is 5.73 Å². The molecule has 1 aromatic rings. The number of furan rings is 1. The van der Waals surface area contributed by atoms with Crippen molar-refractivity contribution in [1.82, 2.24) is 4.90 Å². The molecule has 0 radical (unpaired) electrons. The number of nitrogens with zero attached hydrogens (tertiary/aromatic N) is 1. The molecule has 1 heterocycles. The molecule has 0 amide bonds. The summed E-state index contributed by atoms with van der Waals surface area (Å²) in [7, 11) is 0. The van der Waals surface area contributed by atoms with E-state index >= 15 is 0 Å². The summed E-state index contributed by atoms with van der Waals surface area (Å²) in [6.45, 7) is 1.55. The highest BCUT2D eigenvalue weighted by Crippen LogP contribution is 2.18. The smallest absolute Gasteiger partial charge is 0.401 e. The Kier molecular flexibility index (Phi) is 4.37. The van der Waals surface area contributed by atoms with Gasteiger partial charge in [0.2, 0.25) is 0 Å². The number of halogens is 3. The van der Waals surface area contributed by atoms with E-state index in [1.54, 1.807) is 13.0 Å².